The summed E-state index contributed by atoms with van der Waals surface area (Å²) in [5, 5.41) is 6.16. The summed E-state index contributed by atoms with van der Waals surface area (Å²) in [6.45, 7) is 4.08. The Morgan fingerprint density at radius 2 is 1.95 bits per heavy atom. The number of carbonyl (C=O) groups excluding carboxylic acids is 2. The molecule has 0 radical (unpaired) electrons. The van der Waals surface area contributed by atoms with E-state index >= 15 is 0 Å². The first kappa shape index (κ1) is 13.7. The second-order valence-corrected chi connectivity index (χ2v) is 5.31. The van der Waals surface area contributed by atoms with Crippen molar-refractivity contribution in [2.75, 3.05) is 0 Å². The van der Waals surface area contributed by atoms with Crippen LogP contribution in [0.5, 0.6) is 0 Å². The Balaban J connectivity index is 2.12. The van der Waals surface area contributed by atoms with Crippen molar-refractivity contribution < 1.29 is 9.59 Å². The van der Waals surface area contributed by atoms with Gasteiger partial charge in [-0.25, -0.2) is 0 Å². The Hall–Kier alpha value is -1.68. The van der Waals surface area contributed by atoms with Crippen molar-refractivity contribution in [3.8, 4) is 0 Å². The van der Waals surface area contributed by atoms with Gasteiger partial charge in [0, 0.05) is 12.1 Å². The average Bonchev–Trinajstić information content (AvgIpc) is 2.68. The third kappa shape index (κ3) is 3.64. The monoisotopic (exact) mass is 260 g/mol. The van der Waals surface area contributed by atoms with Crippen LogP contribution in [0.25, 0.3) is 0 Å². The molecule has 1 aromatic carbocycles. The van der Waals surface area contributed by atoms with Crippen LogP contribution in [0.3, 0.4) is 0 Å². The van der Waals surface area contributed by atoms with E-state index in [1.54, 1.807) is 0 Å². The molecule has 0 aromatic heterocycles. The van der Waals surface area contributed by atoms with Crippen LogP contribution < -0.4 is 10.6 Å². The Morgan fingerprint density at radius 3 is 2.47 bits per heavy atom. The number of hydrogen-bond acceptors (Lipinski definition) is 3. The normalized spacial score (nSPS) is 20.7. The molecule has 1 aromatic rings. The maximum atomic E-state index is 11.9. The molecule has 1 saturated heterocycles. The minimum absolute atomic E-state index is 0.00965. The molecule has 1 aliphatic rings. The highest BCUT2D eigenvalue weighted by molar-refractivity contribution is 6.07. The van der Waals surface area contributed by atoms with Gasteiger partial charge in [-0.3, -0.25) is 9.59 Å². The molecule has 0 aliphatic carbocycles. The Labute approximate surface area is 113 Å². The maximum Gasteiger partial charge on any atom is 0.228 e. The van der Waals surface area contributed by atoms with Crippen LogP contribution in [0.1, 0.15) is 25.8 Å². The number of carbonyl (C=O) groups is 2. The molecule has 2 atom stereocenters. The minimum atomic E-state index is -0.407. The zero-order chi connectivity index (χ0) is 13.8. The lowest BCUT2D eigenvalue weighted by Gasteiger charge is -2.26. The molecule has 19 heavy (non-hydrogen) atoms. The van der Waals surface area contributed by atoms with E-state index in [0.717, 1.165) is 12.0 Å². The number of hydrogen-bond donors (Lipinski definition) is 2. The molecule has 4 nitrogen and oxygen atoms in total. The fraction of sp³-hybridized carbons (Fsp3) is 0.467. The second kappa shape index (κ2) is 5.97. The predicted octanol–water partition coefficient (Wildman–Crippen LogP) is 1.05. The molecule has 0 saturated carbocycles. The van der Waals surface area contributed by atoms with Gasteiger partial charge in [-0.15, -0.1) is 0 Å². The van der Waals surface area contributed by atoms with Crippen molar-refractivity contribution in [1.82, 2.24) is 10.6 Å². The Bertz CT molecular complexity index is 456. The standard InChI is InChI=1S/C15H20N2O2/c1-10(2)16-12(8-11-6-4-3-5-7-11)15-13(18)9-14(19)17-15/h3-7,10,12,15-16H,8-9H2,1-2H3,(H,17,19)/t12-,15?/m0/s1. The molecular weight excluding hydrogens is 240 g/mol. The Kier molecular flexibility index (Phi) is 4.32. The van der Waals surface area contributed by atoms with Crippen molar-refractivity contribution in [3.63, 3.8) is 0 Å². The summed E-state index contributed by atoms with van der Waals surface area (Å²) >= 11 is 0. The van der Waals surface area contributed by atoms with Gasteiger partial charge in [0.25, 0.3) is 0 Å². The molecule has 2 N–H and O–H groups in total. The van der Waals surface area contributed by atoms with Crippen LogP contribution in [0.4, 0.5) is 0 Å². The van der Waals surface area contributed by atoms with E-state index < -0.39 is 6.04 Å². The fourth-order valence-electron chi connectivity index (χ4n) is 2.47. The first-order valence-corrected chi connectivity index (χ1v) is 6.68. The zero-order valence-electron chi connectivity index (χ0n) is 11.3. The van der Waals surface area contributed by atoms with Crippen molar-refractivity contribution in [2.24, 2.45) is 0 Å². The smallest absolute Gasteiger partial charge is 0.228 e. The molecule has 4 heteroatoms. The maximum absolute atomic E-state index is 11.9. The van der Waals surface area contributed by atoms with Gasteiger partial charge in [0.2, 0.25) is 5.91 Å². The summed E-state index contributed by atoms with van der Waals surface area (Å²) in [5.74, 6) is -0.183. The summed E-state index contributed by atoms with van der Waals surface area (Å²) in [5.41, 5.74) is 1.16. The van der Waals surface area contributed by atoms with Gasteiger partial charge in [-0.2, -0.15) is 0 Å². The predicted molar refractivity (Wildman–Crippen MR) is 73.8 cm³/mol. The zero-order valence-corrected chi connectivity index (χ0v) is 11.3. The van der Waals surface area contributed by atoms with Crippen LogP contribution in [-0.4, -0.2) is 29.8 Å². The summed E-state index contributed by atoms with van der Waals surface area (Å²) < 4.78 is 0. The molecule has 1 aliphatic heterocycles. The highest BCUT2D eigenvalue weighted by atomic mass is 16.2. The van der Waals surface area contributed by atoms with Crippen molar-refractivity contribution in [2.45, 2.75) is 44.8 Å². The number of ketones is 1. The lowest BCUT2D eigenvalue weighted by atomic mass is 9.97. The minimum Gasteiger partial charge on any atom is -0.344 e. The van der Waals surface area contributed by atoms with E-state index in [0.29, 0.717) is 0 Å². The van der Waals surface area contributed by atoms with Gasteiger partial charge in [0.1, 0.15) is 6.04 Å². The quantitative estimate of drug-likeness (QED) is 0.778. The van der Waals surface area contributed by atoms with Gasteiger partial charge in [0.15, 0.2) is 5.78 Å². The van der Waals surface area contributed by atoms with Gasteiger partial charge >= 0.3 is 0 Å². The van der Waals surface area contributed by atoms with Crippen LogP contribution in [0.2, 0.25) is 0 Å². The first-order valence-electron chi connectivity index (χ1n) is 6.68. The summed E-state index contributed by atoms with van der Waals surface area (Å²) in [6, 6.07) is 9.81. The molecule has 1 heterocycles. The lowest BCUT2D eigenvalue weighted by molar-refractivity contribution is -0.122. The number of rotatable bonds is 5. The van der Waals surface area contributed by atoms with Crippen molar-refractivity contribution >= 4 is 11.7 Å². The molecule has 102 valence electrons. The van der Waals surface area contributed by atoms with E-state index in [-0.39, 0.29) is 30.2 Å². The van der Waals surface area contributed by atoms with Gasteiger partial charge < -0.3 is 10.6 Å². The van der Waals surface area contributed by atoms with Crippen LogP contribution in [0, 0.1) is 0 Å². The van der Waals surface area contributed by atoms with Crippen LogP contribution in [-0.2, 0) is 16.0 Å². The van der Waals surface area contributed by atoms with E-state index in [1.807, 2.05) is 44.2 Å². The number of benzene rings is 1. The molecule has 0 spiro atoms. The number of nitrogens with one attached hydrogen (secondary N) is 2. The van der Waals surface area contributed by atoms with E-state index in [2.05, 4.69) is 10.6 Å². The lowest BCUT2D eigenvalue weighted by Crippen LogP contribution is -2.52. The third-order valence-corrected chi connectivity index (χ3v) is 3.25. The van der Waals surface area contributed by atoms with E-state index in [1.165, 1.54) is 0 Å². The topological polar surface area (TPSA) is 58.2 Å². The molecule has 1 unspecified atom stereocenters. The summed E-state index contributed by atoms with van der Waals surface area (Å²) in [4.78, 5) is 23.2. The van der Waals surface area contributed by atoms with Gasteiger partial charge in [-0.05, 0) is 12.0 Å². The highest BCUT2D eigenvalue weighted by Crippen LogP contribution is 2.13. The molecular formula is C15H20N2O2. The second-order valence-electron chi connectivity index (χ2n) is 5.31. The third-order valence-electron chi connectivity index (χ3n) is 3.25. The number of Topliss-reactive ketones (excluding diaryl/α,β-unsaturated/α-hetero) is 1. The molecule has 1 amide bonds. The van der Waals surface area contributed by atoms with E-state index in [9.17, 15) is 9.59 Å². The van der Waals surface area contributed by atoms with Crippen LogP contribution in [0.15, 0.2) is 30.3 Å². The first-order chi connectivity index (χ1) is 9.06. The highest BCUT2D eigenvalue weighted by Gasteiger charge is 2.36. The molecule has 2 rings (SSSR count). The average molecular weight is 260 g/mol. The molecule has 0 bridgehead atoms. The largest absolute Gasteiger partial charge is 0.344 e. The molecule has 1 fully saturated rings. The summed E-state index contributed by atoms with van der Waals surface area (Å²) in [6.07, 6.45) is 0.742. The van der Waals surface area contributed by atoms with Gasteiger partial charge in [-0.1, -0.05) is 44.2 Å². The fourth-order valence-corrected chi connectivity index (χ4v) is 2.47. The number of amides is 1. The van der Waals surface area contributed by atoms with E-state index in [4.69, 9.17) is 0 Å². The summed E-state index contributed by atoms with van der Waals surface area (Å²) in [7, 11) is 0. The Morgan fingerprint density at radius 1 is 1.26 bits per heavy atom. The van der Waals surface area contributed by atoms with Crippen LogP contribution >= 0.6 is 0 Å². The SMILES string of the molecule is CC(C)N[C@@H](Cc1ccccc1)C1NC(=O)CC1=O. The van der Waals surface area contributed by atoms with Gasteiger partial charge in [0.05, 0.1) is 6.42 Å². The van der Waals surface area contributed by atoms with Crippen molar-refractivity contribution in [3.05, 3.63) is 35.9 Å². The van der Waals surface area contributed by atoms with Crippen molar-refractivity contribution in [1.29, 1.82) is 0 Å².